The number of nitrogens with one attached hydrogen (secondary N) is 1. The summed E-state index contributed by atoms with van der Waals surface area (Å²) < 4.78 is 0. The van der Waals surface area contributed by atoms with Crippen molar-refractivity contribution < 1.29 is 0 Å². The first-order valence-corrected chi connectivity index (χ1v) is 8.33. The van der Waals surface area contributed by atoms with Gasteiger partial charge in [0.25, 0.3) is 0 Å². The second kappa shape index (κ2) is 7.26. The molecule has 1 fully saturated rings. The van der Waals surface area contributed by atoms with E-state index in [0.717, 1.165) is 17.8 Å². The first-order chi connectivity index (χ1) is 9.61. The summed E-state index contributed by atoms with van der Waals surface area (Å²) in [5.41, 5.74) is 2.96. The highest BCUT2D eigenvalue weighted by Gasteiger charge is 2.29. The van der Waals surface area contributed by atoms with Crippen molar-refractivity contribution in [3.8, 4) is 0 Å². The molecule has 1 saturated carbocycles. The fourth-order valence-corrected chi connectivity index (χ4v) is 3.77. The maximum atomic E-state index is 3.60. The van der Waals surface area contributed by atoms with Crippen molar-refractivity contribution in [3.05, 3.63) is 35.4 Å². The van der Waals surface area contributed by atoms with Crippen LogP contribution in [0.15, 0.2) is 24.3 Å². The summed E-state index contributed by atoms with van der Waals surface area (Å²) in [4.78, 5) is 0. The van der Waals surface area contributed by atoms with Gasteiger partial charge in [-0.05, 0) is 68.5 Å². The Morgan fingerprint density at radius 1 is 1.15 bits per heavy atom. The van der Waals surface area contributed by atoms with Gasteiger partial charge in [-0.25, -0.2) is 0 Å². The number of hydrogen-bond acceptors (Lipinski definition) is 1. The van der Waals surface area contributed by atoms with Gasteiger partial charge in [-0.3, -0.25) is 0 Å². The van der Waals surface area contributed by atoms with Crippen LogP contribution in [0.5, 0.6) is 0 Å². The Labute approximate surface area is 125 Å². The van der Waals surface area contributed by atoms with Crippen molar-refractivity contribution in [2.75, 3.05) is 7.05 Å². The van der Waals surface area contributed by atoms with Crippen LogP contribution in [0.3, 0.4) is 0 Å². The number of hydrogen-bond donors (Lipinski definition) is 1. The molecule has 4 unspecified atom stereocenters. The van der Waals surface area contributed by atoms with E-state index in [1.165, 1.54) is 43.2 Å². The van der Waals surface area contributed by atoms with Crippen molar-refractivity contribution >= 4 is 0 Å². The van der Waals surface area contributed by atoms with Gasteiger partial charge in [0.15, 0.2) is 0 Å². The highest BCUT2D eigenvalue weighted by Crippen LogP contribution is 2.35. The van der Waals surface area contributed by atoms with E-state index in [1.54, 1.807) is 0 Å². The Morgan fingerprint density at radius 2 is 1.90 bits per heavy atom. The lowest BCUT2D eigenvalue weighted by Gasteiger charge is -2.36. The molecule has 4 atom stereocenters. The fraction of sp³-hybridized carbons (Fsp3) is 0.684. The standard InChI is InChI=1S/C19H31N/c1-14-9-10-18(13-16(14)3)19(20-4)12-11-17-8-6-5-7-15(17)2/h5-8,14,16,18-20H,9-13H2,1-4H3. The molecule has 112 valence electrons. The summed E-state index contributed by atoms with van der Waals surface area (Å²) in [7, 11) is 2.14. The van der Waals surface area contributed by atoms with E-state index in [4.69, 9.17) is 0 Å². The molecule has 0 radical (unpaired) electrons. The molecule has 0 heterocycles. The molecule has 1 aromatic carbocycles. The van der Waals surface area contributed by atoms with Crippen LogP contribution in [0.1, 0.15) is 50.7 Å². The molecule has 1 aromatic rings. The molecule has 1 aliphatic carbocycles. The topological polar surface area (TPSA) is 12.0 Å². The molecule has 1 N–H and O–H groups in total. The summed E-state index contributed by atoms with van der Waals surface area (Å²) in [6.07, 6.45) is 6.70. The second-order valence-electron chi connectivity index (χ2n) is 6.89. The van der Waals surface area contributed by atoms with Gasteiger partial charge in [0, 0.05) is 6.04 Å². The number of benzene rings is 1. The maximum absolute atomic E-state index is 3.60. The SMILES string of the molecule is CNC(CCc1ccccc1C)C1CCC(C)C(C)C1. The van der Waals surface area contributed by atoms with Crippen LogP contribution in [0, 0.1) is 24.7 Å². The Morgan fingerprint density at radius 3 is 2.55 bits per heavy atom. The monoisotopic (exact) mass is 273 g/mol. The zero-order chi connectivity index (χ0) is 14.5. The lowest BCUT2D eigenvalue weighted by molar-refractivity contribution is 0.170. The van der Waals surface area contributed by atoms with Crippen LogP contribution in [0.4, 0.5) is 0 Å². The predicted octanol–water partition coefficient (Wildman–Crippen LogP) is 4.59. The lowest BCUT2D eigenvalue weighted by Crippen LogP contribution is -2.38. The molecule has 1 aliphatic rings. The minimum atomic E-state index is 0.685. The number of rotatable bonds is 5. The van der Waals surface area contributed by atoms with E-state index in [9.17, 15) is 0 Å². The van der Waals surface area contributed by atoms with Gasteiger partial charge in [-0.15, -0.1) is 0 Å². The molecule has 0 spiro atoms. The van der Waals surface area contributed by atoms with E-state index in [0.29, 0.717) is 6.04 Å². The molecule has 2 rings (SSSR count). The van der Waals surface area contributed by atoms with Gasteiger partial charge in [-0.2, -0.15) is 0 Å². The van der Waals surface area contributed by atoms with Crippen molar-refractivity contribution in [1.82, 2.24) is 5.32 Å². The zero-order valence-electron chi connectivity index (χ0n) is 13.7. The third-order valence-electron chi connectivity index (χ3n) is 5.56. The van der Waals surface area contributed by atoms with Crippen LogP contribution in [-0.2, 0) is 6.42 Å². The first kappa shape index (κ1) is 15.6. The first-order valence-electron chi connectivity index (χ1n) is 8.33. The highest BCUT2D eigenvalue weighted by atomic mass is 14.9. The molecule has 0 amide bonds. The van der Waals surface area contributed by atoms with E-state index in [1.807, 2.05) is 0 Å². The van der Waals surface area contributed by atoms with Crippen molar-refractivity contribution in [2.24, 2.45) is 17.8 Å². The quantitative estimate of drug-likeness (QED) is 0.827. The highest BCUT2D eigenvalue weighted by molar-refractivity contribution is 5.25. The van der Waals surface area contributed by atoms with E-state index in [2.05, 4.69) is 57.4 Å². The Kier molecular flexibility index (Phi) is 5.65. The molecule has 0 aliphatic heterocycles. The van der Waals surface area contributed by atoms with E-state index in [-0.39, 0.29) is 0 Å². The Hall–Kier alpha value is -0.820. The summed E-state index contributed by atoms with van der Waals surface area (Å²) in [6.45, 7) is 7.08. The Bertz CT molecular complexity index is 412. The average Bonchev–Trinajstić information content (AvgIpc) is 2.45. The average molecular weight is 273 g/mol. The molecule has 0 aromatic heterocycles. The van der Waals surface area contributed by atoms with E-state index >= 15 is 0 Å². The molecule has 0 bridgehead atoms. The minimum Gasteiger partial charge on any atom is -0.317 e. The van der Waals surface area contributed by atoms with Crippen LogP contribution in [-0.4, -0.2) is 13.1 Å². The molecule has 1 nitrogen and oxygen atoms in total. The van der Waals surface area contributed by atoms with Gasteiger partial charge in [-0.1, -0.05) is 44.5 Å². The van der Waals surface area contributed by atoms with E-state index < -0.39 is 0 Å². The zero-order valence-corrected chi connectivity index (χ0v) is 13.7. The summed E-state index contributed by atoms with van der Waals surface area (Å²) in [5, 5.41) is 3.60. The molecule has 0 saturated heterocycles. The van der Waals surface area contributed by atoms with Gasteiger partial charge in [0.2, 0.25) is 0 Å². The summed E-state index contributed by atoms with van der Waals surface area (Å²) in [5.74, 6) is 2.68. The van der Waals surface area contributed by atoms with Crippen LogP contribution in [0.25, 0.3) is 0 Å². The minimum absolute atomic E-state index is 0.685. The third kappa shape index (κ3) is 3.85. The normalized spacial score (nSPS) is 28.3. The summed E-state index contributed by atoms with van der Waals surface area (Å²) in [6, 6.07) is 9.51. The smallest absolute Gasteiger partial charge is 0.00955 e. The molecular formula is C19H31N. The molecule has 20 heavy (non-hydrogen) atoms. The largest absolute Gasteiger partial charge is 0.317 e. The van der Waals surface area contributed by atoms with Crippen LogP contribution < -0.4 is 5.32 Å². The number of aryl methyl sites for hydroxylation is 2. The van der Waals surface area contributed by atoms with Crippen molar-refractivity contribution in [3.63, 3.8) is 0 Å². The Balaban J connectivity index is 1.91. The van der Waals surface area contributed by atoms with Crippen LogP contribution >= 0.6 is 0 Å². The molecular weight excluding hydrogens is 242 g/mol. The van der Waals surface area contributed by atoms with Crippen LogP contribution in [0.2, 0.25) is 0 Å². The third-order valence-corrected chi connectivity index (χ3v) is 5.56. The van der Waals surface area contributed by atoms with Crippen molar-refractivity contribution in [1.29, 1.82) is 0 Å². The van der Waals surface area contributed by atoms with Gasteiger partial charge < -0.3 is 5.32 Å². The fourth-order valence-electron chi connectivity index (χ4n) is 3.77. The van der Waals surface area contributed by atoms with Crippen molar-refractivity contribution in [2.45, 2.75) is 58.9 Å². The maximum Gasteiger partial charge on any atom is 0.00955 e. The predicted molar refractivity (Wildman–Crippen MR) is 88.0 cm³/mol. The summed E-state index contributed by atoms with van der Waals surface area (Å²) >= 11 is 0. The van der Waals surface area contributed by atoms with Gasteiger partial charge in [0.1, 0.15) is 0 Å². The van der Waals surface area contributed by atoms with Gasteiger partial charge >= 0.3 is 0 Å². The second-order valence-corrected chi connectivity index (χ2v) is 6.89. The van der Waals surface area contributed by atoms with Gasteiger partial charge in [0.05, 0.1) is 0 Å². The lowest BCUT2D eigenvalue weighted by atomic mass is 9.72. The molecule has 1 heteroatoms.